The van der Waals surface area contributed by atoms with Crippen molar-refractivity contribution in [3.63, 3.8) is 0 Å². The van der Waals surface area contributed by atoms with Crippen LogP contribution in [0.5, 0.6) is 0 Å². The summed E-state index contributed by atoms with van der Waals surface area (Å²) in [6.07, 6.45) is 1.07. The first-order chi connectivity index (χ1) is 7.67. The number of hydrogen-bond acceptors (Lipinski definition) is 3. The zero-order valence-electron chi connectivity index (χ0n) is 9.11. The van der Waals surface area contributed by atoms with Gasteiger partial charge in [0, 0.05) is 30.5 Å². The lowest BCUT2D eigenvalue weighted by Gasteiger charge is -2.09. The highest BCUT2D eigenvalue weighted by Crippen LogP contribution is 2.13. The molecule has 0 heterocycles. The summed E-state index contributed by atoms with van der Waals surface area (Å²) in [5.74, 6) is -0.307. The zero-order valence-corrected chi connectivity index (χ0v) is 10.7. The molecule has 0 aliphatic heterocycles. The van der Waals surface area contributed by atoms with Crippen molar-refractivity contribution in [2.75, 3.05) is 20.8 Å². The van der Waals surface area contributed by atoms with Crippen LogP contribution in [0.4, 0.5) is 4.39 Å². The molecule has 0 saturated heterocycles. The fourth-order valence-corrected chi connectivity index (χ4v) is 1.47. The van der Waals surface area contributed by atoms with Gasteiger partial charge in [-0.3, -0.25) is 4.99 Å². The van der Waals surface area contributed by atoms with Crippen molar-refractivity contribution in [3.8, 4) is 0 Å². The van der Waals surface area contributed by atoms with E-state index in [2.05, 4.69) is 20.9 Å². The summed E-state index contributed by atoms with van der Waals surface area (Å²) in [4.78, 5) is 4.05. The fraction of sp³-hybridized carbons (Fsp3) is 0.364. The van der Waals surface area contributed by atoms with Gasteiger partial charge in [-0.25, -0.2) is 4.39 Å². The lowest BCUT2D eigenvalue weighted by molar-refractivity contribution is -0.0936. The van der Waals surface area contributed by atoms with Gasteiger partial charge in [0.25, 0.3) is 0 Å². The highest BCUT2D eigenvalue weighted by molar-refractivity contribution is 9.10. The molecule has 0 unspecified atom stereocenters. The van der Waals surface area contributed by atoms with Gasteiger partial charge in [0.15, 0.2) is 6.29 Å². The van der Waals surface area contributed by atoms with E-state index in [0.717, 1.165) is 4.47 Å². The van der Waals surface area contributed by atoms with Crippen molar-refractivity contribution in [2.45, 2.75) is 6.29 Å². The number of rotatable bonds is 5. The molecule has 0 aromatic heterocycles. The van der Waals surface area contributed by atoms with Crippen molar-refractivity contribution >= 4 is 22.1 Å². The molecular formula is C11H13BrFNO2. The molecule has 1 rings (SSSR count). The number of benzene rings is 1. The number of hydrogen-bond donors (Lipinski definition) is 0. The molecule has 0 aliphatic carbocycles. The molecule has 1 aromatic carbocycles. The molecule has 0 bridgehead atoms. The zero-order chi connectivity index (χ0) is 12.0. The van der Waals surface area contributed by atoms with Crippen LogP contribution in [-0.2, 0) is 9.47 Å². The average molecular weight is 290 g/mol. The minimum Gasteiger partial charge on any atom is -0.354 e. The first-order valence-corrected chi connectivity index (χ1v) is 5.47. The maximum atomic E-state index is 13.3. The predicted molar refractivity (Wildman–Crippen MR) is 64.4 cm³/mol. The Balaban J connectivity index is 2.65. The van der Waals surface area contributed by atoms with Crippen LogP contribution in [-0.4, -0.2) is 33.3 Å². The third-order valence-corrected chi connectivity index (χ3v) is 2.46. The standard InChI is InChI=1S/C11H13BrFNO2/c1-15-11(16-2)7-14-6-8-5-9(12)3-4-10(8)13/h3-6,11H,7H2,1-2H3/b14-6+. The van der Waals surface area contributed by atoms with Crippen molar-refractivity contribution < 1.29 is 13.9 Å². The van der Waals surface area contributed by atoms with Crippen LogP contribution in [0.3, 0.4) is 0 Å². The van der Waals surface area contributed by atoms with E-state index in [9.17, 15) is 4.39 Å². The summed E-state index contributed by atoms with van der Waals surface area (Å²) in [6, 6.07) is 4.68. The summed E-state index contributed by atoms with van der Waals surface area (Å²) in [6.45, 7) is 0.332. The van der Waals surface area contributed by atoms with E-state index in [0.29, 0.717) is 12.1 Å². The van der Waals surface area contributed by atoms with Crippen LogP contribution in [0.1, 0.15) is 5.56 Å². The summed E-state index contributed by atoms with van der Waals surface area (Å²) < 4.78 is 24.0. The van der Waals surface area contributed by atoms with E-state index in [1.807, 2.05) is 0 Å². The predicted octanol–water partition coefficient (Wildman–Crippen LogP) is 2.63. The number of halogens is 2. The smallest absolute Gasteiger partial charge is 0.176 e. The molecule has 1 aromatic rings. The molecule has 0 amide bonds. The van der Waals surface area contributed by atoms with Crippen molar-refractivity contribution in [3.05, 3.63) is 34.1 Å². The monoisotopic (exact) mass is 289 g/mol. The average Bonchev–Trinajstić information content (AvgIpc) is 2.29. The van der Waals surface area contributed by atoms with Gasteiger partial charge in [-0.15, -0.1) is 0 Å². The van der Waals surface area contributed by atoms with Gasteiger partial charge in [0.2, 0.25) is 0 Å². The lowest BCUT2D eigenvalue weighted by Crippen LogP contribution is -2.16. The molecule has 0 fully saturated rings. The molecular weight excluding hydrogens is 277 g/mol. The minimum absolute atomic E-state index is 0.307. The molecule has 0 radical (unpaired) electrons. The number of ether oxygens (including phenoxy) is 2. The summed E-state index contributed by atoms with van der Waals surface area (Å²) in [5, 5.41) is 0. The molecule has 0 saturated carbocycles. The second-order valence-corrected chi connectivity index (χ2v) is 3.98. The van der Waals surface area contributed by atoms with Crippen molar-refractivity contribution in [1.29, 1.82) is 0 Å². The van der Waals surface area contributed by atoms with E-state index in [4.69, 9.17) is 9.47 Å². The molecule has 3 nitrogen and oxygen atoms in total. The van der Waals surface area contributed by atoms with Gasteiger partial charge in [-0.2, -0.15) is 0 Å². The van der Waals surface area contributed by atoms with Crippen LogP contribution < -0.4 is 0 Å². The molecule has 88 valence electrons. The number of aliphatic imine (C=N–C) groups is 1. The second-order valence-electron chi connectivity index (χ2n) is 3.06. The Hall–Kier alpha value is -0.780. The third-order valence-electron chi connectivity index (χ3n) is 1.97. The molecule has 0 spiro atoms. The minimum atomic E-state index is -0.397. The lowest BCUT2D eigenvalue weighted by atomic mass is 10.2. The summed E-state index contributed by atoms with van der Waals surface area (Å²) in [7, 11) is 3.06. The molecule has 0 aliphatic rings. The normalized spacial score (nSPS) is 11.6. The largest absolute Gasteiger partial charge is 0.354 e. The Kier molecular flexibility index (Phi) is 5.59. The van der Waals surface area contributed by atoms with Gasteiger partial charge >= 0.3 is 0 Å². The van der Waals surface area contributed by atoms with E-state index in [-0.39, 0.29) is 5.82 Å². The number of nitrogens with zero attached hydrogens (tertiary/aromatic N) is 1. The van der Waals surface area contributed by atoms with Crippen LogP contribution in [0, 0.1) is 5.82 Å². The van der Waals surface area contributed by atoms with Crippen LogP contribution >= 0.6 is 15.9 Å². The Bertz CT molecular complexity index is 367. The van der Waals surface area contributed by atoms with E-state index in [1.54, 1.807) is 12.1 Å². The molecule has 5 heteroatoms. The Labute approximate surface area is 102 Å². The van der Waals surface area contributed by atoms with Gasteiger partial charge in [-0.1, -0.05) is 15.9 Å². The fourth-order valence-electron chi connectivity index (χ4n) is 1.10. The third kappa shape index (κ3) is 4.00. The van der Waals surface area contributed by atoms with E-state index >= 15 is 0 Å². The van der Waals surface area contributed by atoms with Gasteiger partial charge in [-0.05, 0) is 18.2 Å². The van der Waals surface area contributed by atoms with Crippen LogP contribution in [0.2, 0.25) is 0 Å². The number of methoxy groups -OCH3 is 2. The Morgan fingerprint density at radius 3 is 2.75 bits per heavy atom. The van der Waals surface area contributed by atoms with Crippen LogP contribution in [0.15, 0.2) is 27.7 Å². The van der Waals surface area contributed by atoms with Crippen LogP contribution in [0.25, 0.3) is 0 Å². The van der Waals surface area contributed by atoms with Gasteiger partial charge < -0.3 is 9.47 Å². The topological polar surface area (TPSA) is 30.8 Å². The first-order valence-electron chi connectivity index (χ1n) is 4.68. The molecule has 0 N–H and O–H groups in total. The first kappa shape index (κ1) is 13.3. The summed E-state index contributed by atoms with van der Waals surface area (Å²) >= 11 is 3.27. The molecule has 16 heavy (non-hydrogen) atoms. The van der Waals surface area contributed by atoms with Crippen molar-refractivity contribution in [1.82, 2.24) is 0 Å². The van der Waals surface area contributed by atoms with Gasteiger partial charge in [0.05, 0.1) is 6.54 Å². The maximum Gasteiger partial charge on any atom is 0.176 e. The highest BCUT2D eigenvalue weighted by atomic mass is 79.9. The molecule has 0 atom stereocenters. The second kappa shape index (κ2) is 6.73. The maximum absolute atomic E-state index is 13.3. The van der Waals surface area contributed by atoms with E-state index in [1.165, 1.54) is 26.5 Å². The van der Waals surface area contributed by atoms with E-state index < -0.39 is 6.29 Å². The van der Waals surface area contributed by atoms with Gasteiger partial charge in [0.1, 0.15) is 5.82 Å². The SMILES string of the molecule is COC(C/N=C/c1cc(Br)ccc1F)OC. The van der Waals surface area contributed by atoms with Crippen molar-refractivity contribution in [2.24, 2.45) is 4.99 Å². The summed E-state index contributed by atoms with van der Waals surface area (Å²) in [5.41, 5.74) is 0.431. The Morgan fingerprint density at radius 2 is 2.12 bits per heavy atom. The highest BCUT2D eigenvalue weighted by Gasteiger charge is 2.03. The quantitative estimate of drug-likeness (QED) is 0.616. The Morgan fingerprint density at radius 1 is 1.44 bits per heavy atom.